The lowest BCUT2D eigenvalue weighted by Gasteiger charge is -2.07. The number of nitro benzene ring substituents is 1. The first kappa shape index (κ1) is 15.1. The highest BCUT2D eigenvalue weighted by molar-refractivity contribution is 6.42. The number of hydrogen-bond donors (Lipinski definition) is 2. The molecule has 1 amide bonds. The second kappa shape index (κ2) is 5.99. The van der Waals surface area contributed by atoms with Crippen LogP contribution in [-0.4, -0.2) is 16.1 Å². The van der Waals surface area contributed by atoms with Crippen molar-refractivity contribution in [3.63, 3.8) is 0 Å². The van der Waals surface area contributed by atoms with Gasteiger partial charge in [0, 0.05) is 6.07 Å². The van der Waals surface area contributed by atoms with Crippen LogP contribution in [0, 0.1) is 10.1 Å². The van der Waals surface area contributed by atoms with Crippen LogP contribution >= 0.6 is 23.2 Å². The number of halogens is 2. The molecule has 0 aliphatic heterocycles. The Labute approximate surface area is 129 Å². The van der Waals surface area contributed by atoms with Crippen molar-refractivity contribution < 1.29 is 14.8 Å². The summed E-state index contributed by atoms with van der Waals surface area (Å²) in [5.41, 5.74) is 0.711. The number of nitro groups is 1. The first-order valence-electron chi connectivity index (χ1n) is 5.62. The summed E-state index contributed by atoms with van der Waals surface area (Å²) in [7, 11) is 0. The van der Waals surface area contributed by atoms with Gasteiger partial charge in [0.15, 0.2) is 0 Å². The minimum absolute atomic E-state index is 0.101. The van der Waals surface area contributed by atoms with Crippen molar-refractivity contribution in [2.45, 2.75) is 0 Å². The van der Waals surface area contributed by atoms with Gasteiger partial charge in [-0.25, -0.2) is 4.79 Å². The summed E-state index contributed by atoms with van der Waals surface area (Å²) < 4.78 is 0. The predicted molar refractivity (Wildman–Crippen MR) is 80.2 cm³/mol. The molecule has 0 aliphatic rings. The van der Waals surface area contributed by atoms with Crippen LogP contribution in [0.25, 0.3) is 11.1 Å². The fourth-order valence-electron chi connectivity index (χ4n) is 1.76. The molecule has 2 N–H and O–H groups in total. The Morgan fingerprint density at radius 3 is 2.29 bits per heavy atom. The maximum Gasteiger partial charge on any atom is 0.409 e. The number of amides is 1. The number of nitrogens with zero attached hydrogens (tertiary/aromatic N) is 1. The van der Waals surface area contributed by atoms with E-state index in [1.54, 1.807) is 24.3 Å². The Morgan fingerprint density at radius 1 is 1.10 bits per heavy atom. The van der Waals surface area contributed by atoms with E-state index in [-0.39, 0.29) is 11.4 Å². The number of anilines is 1. The van der Waals surface area contributed by atoms with Crippen LogP contribution in [0.1, 0.15) is 0 Å². The third-order valence-electron chi connectivity index (χ3n) is 2.69. The molecule has 0 fully saturated rings. The molecule has 108 valence electrons. The third-order valence-corrected chi connectivity index (χ3v) is 3.43. The van der Waals surface area contributed by atoms with E-state index in [0.717, 1.165) is 0 Å². The molecule has 2 aromatic rings. The smallest absolute Gasteiger partial charge is 0.409 e. The van der Waals surface area contributed by atoms with Crippen LogP contribution in [0.5, 0.6) is 0 Å². The zero-order valence-electron chi connectivity index (χ0n) is 10.3. The Kier molecular flexibility index (Phi) is 4.30. The maximum atomic E-state index is 11.0. The zero-order valence-corrected chi connectivity index (χ0v) is 11.9. The van der Waals surface area contributed by atoms with Gasteiger partial charge in [-0.3, -0.25) is 15.4 Å². The molecule has 0 radical (unpaired) electrons. The number of carbonyl (C=O) groups is 1. The van der Waals surface area contributed by atoms with Gasteiger partial charge in [-0.2, -0.15) is 0 Å². The van der Waals surface area contributed by atoms with Crippen molar-refractivity contribution in [3.8, 4) is 11.1 Å². The number of carboxylic acid groups (broad SMARTS) is 1. The summed E-state index contributed by atoms with van der Waals surface area (Å²) in [5.74, 6) is 0. The van der Waals surface area contributed by atoms with E-state index in [1.807, 2.05) is 5.32 Å². The topological polar surface area (TPSA) is 92.5 Å². The molecule has 0 aromatic heterocycles. The molecule has 8 heteroatoms. The largest absolute Gasteiger partial charge is 0.465 e. The lowest BCUT2D eigenvalue weighted by atomic mass is 10.0. The molecular formula is C13H8Cl2N2O4. The van der Waals surface area contributed by atoms with Crippen molar-refractivity contribution in [1.29, 1.82) is 0 Å². The van der Waals surface area contributed by atoms with Crippen LogP contribution in [0.2, 0.25) is 10.0 Å². The number of nitrogens with one attached hydrogen (secondary N) is 1. The van der Waals surface area contributed by atoms with Gasteiger partial charge < -0.3 is 5.11 Å². The SMILES string of the molecule is O=C(O)Nc1ccc(-c2ccc(Cl)c(Cl)c2)cc1[N+](=O)[O-]. The Morgan fingerprint density at radius 2 is 1.71 bits per heavy atom. The van der Waals surface area contributed by atoms with Gasteiger partial charge in [0.05, 0.1) is 15.0 Å². The summed E-state index contributed by atoms with van der Waals surface area (Å²) in [5, 5.41) is 22.4. The standard InChI is InChI=1S/C13H8Cl2N2O4/c14-9-3-1-7(5-10(9)15)8-2-4-11(16-13(18)19)12(6-8)17(20)21/h1-6,16H,(H,18,19). The minimum Gasteiger partial charge on any atom is -0.465 e. The van der Waals surface area contributed by atoms with Crippen LogP contribution in [-0.2, 0) is 0 Å². The van der Waals surface area contributed by atoms with Gasteiger partial charge in [0.25, 0.3) is 5.69 Å². The average Bonchev–Trinajstić information content (AvgIpc) is 2.41. The highest BCUT2D eigenvalue weighted by Gasteiger charge is 2.17. The number of rotatable bonds is 3. The van der Waals surface area contributed by atoms with Gasteiger partial charge >= 0.3 is 6.09 Å². The predicted octanol–water partition coefficient (Wildman–Crippen LogP) is 4.66. The monoisotopic (exact) mass is 326 g/mol. The van der Waals surface area contributed by atoms with E-state index in [0.29, 0.717) is 21.2 Å². The molecule has 21 heavy (non-hydrogen) atoms. The van der Waals surface area contributed by atoms with E-state index in [2.05, 4.69) is 0 Å². The van der Waals surface area contributed by atoms with E-state index in [9.17, 15) is 14.9 Å². The molecule has 6 nitrogen and oxygen atoms in total. The fraction of sp³-hybridized carbons (Fsp3) is 0. The van der Waals surface area contributed by atoms with Crippen LogP contribution in [0.15, 0.2) is 36.4 Å². The lowest BCUT2D eigenvalue weighted by molar-refractivity contribution is -0.383. The number of benzene rings is 2. The molecular weight excluding hydrogens is 319 g/mol. The molecule has 0 saturated heterocycles. The van der Waals surface area contributed by atoms with Crippen LogP contribution < -0.4 is 5.32 Å². The number of hydrogen-bond acceptors (Lipinski definition) is 3. The Balaban J connectivity index is 2.50. The van der Waals surface area contributed by atoms with Gasteiger partial charge in [-0.1, -0.05) is 35.3 Å². The third kappa shape index (κ3) is 3.42. The minimum atomic E-state index is -1.37. The molecule has 2 rings (SSSR count). The van der Waals surface area contributed by atoms with Crippen molar-refractivity contribution in [2.24, 2.45) is 0 Å². The fourth-order valence-corrected chi connectivity index (χ4v) is 2.06. The Hall–Kier alpha value is -2.31. The highest BCUT2D eigenvalue weighted by atomic mass is 35.5. The van der Waals surface area contributed by atoms with Gasteiger partial charge in [0.1, 0.15) is 5.69 Å². The zero-order chi connectivity index (χ0) is 15.6. The maximum absolute atomic E-state index is 11.0. The molecule has 2 aromatic carbocycles. The highest BCUT2D eigenvalue weighted by Crippen LogP contribution is 2.33. The molecule has 0 bridgehead atoms. The van der Waals surface area contributed by atoms with Crippen LogP contribution in [0.3, 0.4) is 0 Å². The second-order valence-electron chi connectivity index (χ2n) is 4.05. The molecule has 0 atom stereocenters. The summed E-state index contributed by atoms with van der Waals surface area (Å²) in [4.78, 5) is 21.0. The average molecular weight is 327 g/mol. The van der Waals surface area contributed by atoms with Crippen molar-refractivity contribution >= 4 is 40.7 Å². The van der Waals surface area contributed by atoms with E-state index < -0.39 is 11.0 Å². The lowest BCUT2D eigenvalue weighted by Crippen LogP contribution is -2.09. The first-order valence-corrected chi connectivity index (χ1v) is 6.38. The van der Waals surface area contributed by atoms with Crippen molar-refractivity contribution in [1.82, 2.24) is 0 Å². The molecule has 0 saturated carbocycles. The summed E-state index contributed by atoms with van der Waals surface area (Å²) >= 11 is 11.7. The second-order valence-corrected chi connectivity index (χ2v) is 4.86. The molecule has 0 aliphatic carbocycles. The van der Waals surface area contributed by atoms with Gasteiger partial charge in [-0.15, -0.1) is 0 Å². The van der Waals surface area contributed by atoms with E-state index >= 15 is 0 Å². The van der Waals surface area contributed by atoms with Crippen LogP contribution in [0.4, 0.5) is 16.2 Å². The normalized spacial score (nSPS) is 10.2. The van der Waals surface area contributed by atoms with E-state index in [4.69, 9.17) is 28.3 Å². The Bertz CT molecular complexity index is 734. The van der Waals surface area contributed by atoms with Crippen molar-refractivity contribution in [2.75, 3.05) is 5.32 Å². The molecule has 0 spiro atoms. The summed E-state index contributed by atoms with van der Waals surface area (Å²) in [6.07, 6.45) is -1.37. The van der Waals surface area contributed by atoms with E-state index in [1.165, 1.54) is 12.1 Å². The quantitative estimate of drug-likeness (QED) is 0.633. The molecule has 0 heterocycles. The first-order chi connectivity index (χ1) is 9.88. The van der Waals surface area contributed by atoms with Gasteiger partial charge in [0.2, 0.25) is 0 Å². The van der Waals surface area contributed by atoms with Gasteiger partial charge in [-0.05, 0) is 29.3 Å². The summed E-state index contributed by atoms with van der Waals surface area (Å²) in [6.45, 7) is 0. The van der Waals surface area contributed by atoms with Crippen molar-refractivity contribution in [3.05, 3.63) is 56.6 Å². The summed E-state index contributed by atoms with van der Waals surface area (Å²) in [6, 6.07) is 8.96. The molecule has 0 unspecified atom stereocenters.